The number of allylic oxidation sites excluding steroid dienone is 17. The van der Waals surface area contributed by atoms with Gasteiger partial charge in [-0.1, -0.05) is 141 Å². The summed E-state index contributed by atoms with van der Waals surface area (Å²) < 4.78 is 23.4. The van der Waals surface area contributed by atoms with E-state index in [0.29, 0.717) is 0 Å². The van der Waals surface area contributed by atoms with E-state index in [1.54, 1.807) is 23.1 Å². The maximum atomic E-state index is 11.6. The van der Waals surface area contributed by atoms with Gasteiger partial charge in [0.25, 0.3) is 0 Å². The zero-order valence-corrected chi connectivity index (χ0v) is 42.9. The van der Waals surface area contributed by atoms with Gasteiger partial charge in [-0.25, -0.2) is 0 Å². The van der Waals surface area contributed by atoms with E-state index in [1.165, 1.54) is 66.0 Å². The molecule has 0 aromatic heterocycles. The lowest BCUT2D eigenvalue weighted by Gasteiger charge is -2.33. The number of fused-ring (bicyclic) bond motifs is 2. The Morgan fingerprint density at radius 3 is 1.42 bits per heavy atom. The summed E-state index contributed by atoms with van der Waals surface area (Å²) in [6.45, 7) is 17.6. The summed E-state index contributed by atoms with van der Waals surface area (Å²) in [7, 11) is 0. The van der Waals surface area contributed by atoms with E-state index in [9.17, 15) is 28.8 Å². The Balaban J connectivity index is 0.000000247. The smallest absolute Gasteiger partial charge is 0.582 e. The summed E-state index contributed by atoms with van der Waals surface area (Å²) in [5.41, 5.74) is 9.42. The van der Waals surface area contributed by atoms with Gasteiger partial charge in [-0.2, -0.15) is 0 Å². The molecule has 10 nitrogen and oxygen atoms in total. The maximum absolute atomic E-state index is 11.6. The van der Waals surface area contributed by atoms with Crippen molar-refractivity contribution in [2.24, 2.45) is 10.8 Å². The zero-order valence-electron chi connectivity index (χ0n) is 39.1. The van der Waals surface area contributed by atoms with Crippen molar-refractivity contribution in [2.75, 3.05) is 0 Å². The molecule has 4 heterocycles. The molecule has 6 aliphatic rings. The van der Waals surface area contributed by atoms with Crippen molar-refractivity contribution < 1.29 is 47.4 Å². The minimum absolute atomic E-state index is 0.180. The van der Waals surface area contributed by atoms with Crippen molar-refractivity contribution in [2.45, 2.75) is 133 Å². The first-order chi connectivity index (χ1) is 30.0. The van der Waals surface area contributed by atoms with Gasteiger partial charge in [0, 0.05) is 11.6 Å². The summed E-state index contributed by atoms with van der Waals surface area (Å²) in [4.78, 5) is 65.0. The normalized spacial score (nSPS) is 22.6. The van der Waals surface area contributed by atoms with Gasteiger partial charge in [-0.15, -0.1) is 5.98 Å². The minimum atomic E-state index is -2.02. The van der Waals surface area contributed by atoms with Gasteiger partial charge in [0.1, 0.15) is 38.3 Å². The highest BCUT2D eigenvalue weighted by Crippen LogP contribution is 2.44. The third-order valence-electron chi connectivity index (χ3n) is 12.1. The van der Waals surface area contributed by atoms with Gasteiger partial charge >= 0.3 is 37.0 Å². The van der Waals surface area contributed by atoms with Crippen LogP contribution in [0.15, 0.2) is 114 Å². The highest BCUT2D eigenvalue weighted by Gasteiger charge is 2.64. The first-order valence-corrected chi connectivity index (χ1v) is 23.9. The van der Waals surface area contributed by atoms with Crippen molar-refractivity contribution in [3.63, 3.8) is 0 Å². The standard InChI is InChI=1S/C20H28O.C19H25BO4.C7H6BIO4.C4H5BrO/c1-16(8-6-9-17(2)13-15-21)11-12-19-18(3)10-7-14-20(19,4)5;1-13(7-8-16-14(2)6-5-9-19(16,3)4)12-20-15(10-17(21)23-20)11-18(22)24-20;9-2-1-8-5(3-6(10)12-8)4-7(11)13-8;1-4(5)2-3-6/h6,8-9,11-13,15H,7,10,14H2,1-5H3;7-8,12H,5-6,9-11H2,1-4H3;1-2H,3-4H2;2-3H,1H3/b9-6+,12-11+,16-8+,17-13+;8-7+,13-12+;2-1+;4-2+. The highest BCUT2D eigenvalue weighted by molar-refractivity contribution is 14.1. The quantitative estimate of drug-likeness (QED) is 0.0519. The highest BCUT2D eigenvalue weighted by atomic mass is 127. The first-order valence-electron chi connectivity index (χ1n) is 21.9. The molecule has 4 fully saturated rings. The van der Waals surface area contributed by atoms with Gasteiger partial charge in [0.05, 0.1) is 0 Å². The van der Waals surface area contributed by atoms with Crippen molar-refractivity contribution in [1.29, 1.82) is 0 Å². The van der Waals surface area contributed by atoms with Crippen LogP contribution < -0.4 is 0 Å². The topological polar surface area (TPSA) is 139 Å². The predicted octanol–water partition coefficient (Wildman–Crippen LogP) is 12.1. The minimum Gasteiger partial charge on any atom is -0.610 e. The van der Waals surface area contributed by atoms with E-state index in [0.717, 1.165) is 46.3 Å². The Hall–Kier alpha value is -4.30. The van der Waals surface area contributed by atoms with Crippen molar-refractivity contribution in [3.8, 4) is 0 Å². The van der Waals surface area contributed by atoms with Crippen LogP contribution in [0.5, 0.6) is 0 Å². The van der Waals surface area contributed by atoms with E-state index >= 15 is 0 Å². The Kier molecular flexibility index (Phi) is 20.5. The molecule has 0 bridgehead atoms. The molecule has 14 heteroatoms. The van der Waals surface area contributed by atoms with E-state index in [4.69, 9.17) is 18.6 Å². The third-order valence-corrected chi connectivity index (χ3v) is 12.8. The molecule has 0 amide bonds. The molecule has 0 atom stereocenters. The van der Waals surface area contributed by atoms with Crippen molar-refractivity contribution in [3.05, 3.63) is 126 Å². The van der Waals surface area contributed by atoms with Gasteiger partial charge in [0.2, 0.25) is 0 Å². The average Bonchev–Trinajstić information content (AvgIpc) is 3.83. The van der Waals surface area contributed by atoms with Crippen molar-refractivity contribution in [1.82, 2.24) is 0 Å². The Morgan fingerprint density at radius 1 is 0.625 bits per heavy atom. The molecule has 0 unspecified atom stereocenters. The van der Waals surface area contributed by atoms with Crippen LogP contribution in [0.2, 0.25) is 0 Å². The van der Waals surface area contributed by atoms with E-state index < -0.39 is 13.1 Å². The molecule has 4 aliphatic heterocycles. The largest absolute Gasteiger partial charge is 0.610 e. The monoisotopic (exact) mass is 1050 g/mol. The maximum Gasteiger partial charge on any atom is 0.582 e. The van der Waals surface area contributed by atoms with E-state index in [1.807, 2.05) is 60.6 Å². The van der Waals surface area contributed by atoms with E-state index in [-0.39, 0.29) is 60.4 Å². The van der Waals surface area contributed by atoms with Crippen LogP contribution in [0, 0.1) is 22.5 Å². The van der Waals surface area contributed by atoms with Crippen LogP contribution in [-0.4, -0.2) is 49.6 Å². The molecule has 64 heavy (non-hydrogen) atoms. The summed E-state index contributed by atoms with van der Waals surface area (Å²) >= 11 is 5.07. The molecule has 0 aromatic carbocycles. The van der Waals surface area contributed by atoms with Crippen LogP contribution in [0.25, 0.3) is 0 Å². The molecular weight excluding hydrogens is 989 g/mol. The molecule has 2 aliphatic carbocycles. The Morgan fingerprint density at radius 2 is 1.03 bits per heavy atom. The second-order valence-electron chi connectivity index (χ2n) is 18.5. The molecule has 344 valence electrons. The molecule has 0 spiro atoms. The number of carbonyl (C=O) groups excluding carboxylic acids is 6. The fourth-order valence-corrected chi connectivity index (χ4v) is 9.43. The van der Waals surface area contributed by atoms with Crippen LogP contribution in [0.3, 0.4) is 0 Å². The van der Waals surface area contributed by atoms with Gasteiger partial charge in [-0.3, -0.25) is 28.8 Å². The van der Waals surface area contributed by atoms with Crippen LogP contribution in [0.4, 0.5) is 0 Å². The SMILES string of the molecule is C/C(Br)=C\C=O.CC1=C(/C=C/C(C)=C/C=C/C(C)=C/C=O)C(C)(C)CCC1.CC1=C(/C=C/C(C)=C/[B-]23OC(=O)C[C+]2CC(=O)O3)C(C)(C)CCC1.O=C1C[C+]2CC(=O)O[B-]2(/C=C/I)O1. The second-order valence-corrected chi connectivity index (χ2v) is 20.5. The number of carbonyl (C=O) groups is 6. The molecule has 0 saturated carbocycles. The lowest BCUT2D eigenvalue weighted by Crippen LogP contribution is -2.38. The Labute approximate surface area is 403 Å². The Bertz CT molecular complexity index is 2070. The fraction of sp³-hybridized carbons (Fsp3) is 0.440. The molecule has 0 aromatic rings. The number of hydrogen-bond acceptors (Lipinski definition) is 10. The van der Waals surface area contributed by atoms with E-state index in [2.05, 4.69) is 88.7 Å². The number of rotatable bonds is 10. The second kappa shape index (κ2) is 24.3. The lowest BCUT2D eigenvalue weighted by atomic mass is 9.48. The molecule has 4 saturated heterocycles. The summed E-state index contributed by atoms with van der Waals surface area (Å²) in [6, 6.07) is 0. The number of halogens is 2. The molecule has 0 N–H and O–H groups in total. The number of hydrogen-bond donors (Lipinski definition) is 0. The van der Waals surface area contributed by atoms with Crippen LogP contribution in [-0.2, 0) is 47.4 Å². The van der Waals surface area contributed by atoms with Gasteiger partial charge < -0.3 is 18.6 Å². The average molecular weight is 1050 g/mol. The van der Waals surface area contributed by atoms with Crippen LogP contribution >= 0.6 is 38.5 Å². The molecular formula is C50H64B2BrIO10. The summed E-state index contributed by atoms with van der Waals surface area (Å²) in [5.74, 6) is 3.76. The van der Waals surface area contributed by atoms with Gasteiger partial charge in [-0.05, 0) is 124 Å². The molecule has 0 radical (unpaired) electrons. The fourth-order valence-electron chi connectivity index (χ4n) is 8.78. The van der Waals surface area contributed by atoms with Crippen molar-refractivity contribution >= 4 is 88.1 Å². The predicted molar refractivity (Wildman–Crippen MR) is 268 cm³/mol. The lowest BCUT2D eigenvalue weighted by molar-refractivity contribution is -0.140. The summed E-state index contributed by atoms with van der Waals surface area (Å²) in [6.07, 6.45) is 27.4. The number of aldehydes is 2. The summed E-state index contributed by atoms with van der Waals surface area (Å²) in [5, 5.41) is 0. The zero-order chi connectivity index (χ0) is 47.9. The van der Waals surface area contributed by atoms with Crippen LogP contribution in [0.1, 0.15) is 133 Å². The molecule has 6 rings (SSSR count). The third kappa shape index (κ3) is 15.7. The first kappa shape index (κ1) is 54.0. The van der Waals surface area contributed by atoms with Gasteiger partial charge in [0.15, 0.2) is 0 Å².